The summed E-state index contributed by atoms with van der Waals surface area (Å²) in [5.41, 5.74) is 6.05. The van der Waals surface area contributed by atoms with E-state index in [-0.39, 0.29) is 5.91 Å². The Balaban J connectivity index is 1.80. The van der Waals surface area contributed by atoms with Gasteiger partial charge in [0.25, 0.3) is 5.91 Å². The van der Waals surface area contributed by atoms with Crippen molar-refractivity contribution in [2.24, 2.45) is 0 Å². The summed E-state index contributed by atoms with van der Waals surface area (Å²) in [6.07, 6.45) is 0.938. The van der Waals surface area contributed by atoms with Gasteiger partial charge >= 0.3 is 0 Å². The van der Waals surface area contributed by atoms with Gasteiger partial charge in [-0.2, -0.15) is 0 Å². The predicted molar refractivity (Wildman–Crippen MR) is 110 cm³/mol. The number of carbonyl (C=O) groups excluding carboxylic acids is 1. The number of aryl methyl sites for hydroxylation is 4. The molecule has 0 unspecified atom stereocenters. The standard InChI is InChI=1S/C21H23N3OS/c1-5-16-8-6-7-9-18(16)24-21-22-15(4)19(26-21)20(25)23-17-11-10-13(2)12-14(17)3/h6-12H,5H2,1-4H3,(H,22,24)(H,23,25). The first kappa shape index (κ1) is 18.1. The molecule has 0 fully saturated rings. The van der Waals surface area contributed by atoms with Crippen molar-refractivity contribution < 1.29 is 4.79 Å². The molecule has 0 spiro atoms. The minimum absolute atomic E-state index is 0.122. The summed E-state index contributed by atoms with van der Waals surface area (Å²) in [5.74, 6) is -0.122. The molecule has 0 saturated carbocycles. The minimum atomic E-state index is -0.122. The lowest BCUT2D eigenvalue weighted by Gasteiger charge is -2.08. The van der Waals surface area contributed by atoms with Crippen LogP contribution >= 0.6 is 11.3 Å². The van der Waals surface area contributed by atoms with Crippen molar-refractivity contribution in [3.63, 3.8) is 0 Å². The largest absolute Gasteiger partial charge is 0.331 e. The van der Waals surface area contributed by atoms with Gasteiger partial charge in [-0.3, -0.25) is 4.79 Å². The van der Waals surface area contributed by atoms with Gasteiger partial charge in [0.15, 0.2) is 5.13 Å². The van der Waals surface area contributed by atoms with E-state index in [9.17, 15) is 4.79 Å². The van der Waals surface area contributed by atoms with E-state index in [0.29, 0.717) is 4.88 Å². The fourth-order valence-electron chi connectivity index (χ4n) is 2.86. The summed E-state index contributed by atoms with van der Waals surface area (Å²) in [5, 5.41) is 7.08. The van der Waals surface area contributed by atoms with Crippen molar-refractivity contribution in [1.82, 2.24) is 4.98 Å². The van der Waals surface area contributed by atoms with Crippen LogP contribution in [0.25, 0.3) is 0 Å². The van der Waals surface area contributed by atoms with Crippen molar-refractivity contribution in [2.75, 3.05) is 10.6 Å². The molecule has 2 N–H and O–H groups in total. The third-order valence-electron chi connectivity index (χ3n) is 4.27. The van der Waals surface area contributed by atoms with Gasteiger partial charge in [0, 0.05) is 11.4 Å². The van der Waals surface area contributed by atoms with Crippen LogP contribution in [0.4, 0.5) is 16.5 Å². The van der Waals surface area contributed by atoms with E-state index < -0.39 is 0 Å². The summed E-state index contributed by atoms with van der Waals surface area (Å²) in [4.78, 5) is 17.8. The summed E-state index contributed by atoms with van der Waals surface area (Å²) in [6, 6.07) is 14.1. The Labute approximate surface area is 158 Å². The number of hydrogen-bond acceptors (Lipinski definition) is 4. The third kappa shape index (κ3) is 3.94. The Bertz CT molecular complexity index is 946. The average Bonchev–Trinajstić information content (AvgIpc) is 2.98. The molecule has 0 aliphatic rings. The topological polar surface area (TPSA) is 54.0 Å². The van der Waals surface area contributed by atoms with Gasteiger partial charge in [-0.15, -0.1) is 0 Å². The highest BCUT2D eigenvalue weighted by Crippen LogP contribution is 2.28. The third-order valence-corrected chi connectivity index (χ3v) is 5.34. The molecule has 5 heteroatoms. The first-order valence-electron chi connectivity index (χ1n) is 8.69. The fourth-order valence-corrected chi connectivity index (χ4v) is 3.73. The summed E-state index contributed by atoms with van der Waals surface area (Å²) >= 11 is 1.38. The molecule has 26 heavy (non-hydrogen) atoms. The second-order valence-electron chi connectivity index (χ2n) is 6.34. The van der Waals surface area contributed by atoms with E-state index in [1.807, 2.05) is 51.1 Å². The fraction of sp³-hybridized carbons (Fsp3) is 0.238. The van der Waals surface area contributed by atoms with Gasteiger partial charge in [-0.05, 0) is 50.5 Å². The molecule has 0 aliphatic heterocycles. The number of carbonyl (C=O) groups is 1. The summed E-state index contributed by atoms with van der Waals surface area (Å²) in [7, 11) is 0. The highest BCUT2D eigenvalue weighted by molar-refractivity contribution is 7.17. The number of para-hydroxylation sites is 1. The van der Waals surface area contributed by atoms with Crippen LogP contribution in [-0.2, 0) is 6.42 Å². The molecule has 1 amide bonds. The van der Waals surface area contributed by atoms with E-state index in [0.717, 1.165) is 34.2 Å². The number of nitrogens with zero attached hydrogens (tertiary/aromatic N) is 1. The molecule has 134 valence electrons. The second kappa shape index (κ2) is 7.70. The maximum absolute atomic E-state index is 12.7. The second-order valence-corrected chi connectivity index (χ2v) is 7.34. The van der Waals surface area contributed by atoms with Crippen LogP contribution < -0.4 is 10.6 Å². The van der Waals surface area contributed by atoms with Crippen LogP contribution in [0.2, 0.25) is 0 Å². The molecule has 1 aromatic heterocycles. The Kier molecular flexibility index (Phi) is 5.38. The predicted octanol–water partition coefficient (Wildman–Crippen LogP) is 5.63. The van der Waals surface area contributed by atoms with E-state index in [2.05, 4.69) is 34.7 Å². The lowest BCUT2D eigenvalue weighted by Crippen LogP contribution is -2.12. The molecule has 0 aliphatic carbocycles. The van der Waals surface area contributed by atoms with E-state index in [1.54, 1.807) is 0 Å². The zero-order valence-electron chi connectivity index (χ0n) is 15.5. The maximum Gasteiger partial charge on any atom is 0.267 e. The Morgan fingerprint density at radius 1 is 1.08 bits per heavy atom. The van der Waals surface area contributed by atoms with Crippen molar-refractivity contribution in [2.45, 2.75) is 34.1 Å². The summed E-state index contributed by atoms with van der Waals surface area (Å²) < 4.78 is 0. The van der Waals surface area contributed by atoms with Crippen molar-refractivity contribution in [3.8, 4) is 0 Å². The molecular formula is C21H23N3OS. The number of anilines is 3. The molecule has 0 atom stereocenters. The number of rotatable bonds is 5. The van der Waals surface area contributed by atoms with Crippen molar-refractivity contribution >= 4 is 33.8 Å². The average molecular weight is 366 g/mol. The molecular weight excluding hydrogens is 342 g/mol. The zero-order chi connectivity index (χ0) is 18.7. The smallest absolute Gasteiger partial charge is 0.267 e. The Morgan fingerprint density at radius 3 is 2.58 bits per heavy atom. The van der Waals surface area contributed by atoms with E-state index >= 15 is 0 Å². The molecule has 0 saturated heterocycles. The molecule has 1 heterocycles. The van der Waals surface area contributed by atoms with Crippen LogP contribution in [0.15, 0.2) is 42.5 Å². The van der Waals surface area contributed by atoms with Gasteiger partial charge in [0.2, 0.25) is 0 Å². The van der Waals surface area contributed by atoms with Gasteiger partial charge in [-0.1, -0.05) is 54.2 Å². The van der Waals surface area contributed by atoms with Gasteiger partial charge in [0.05, 0.1) is 5.69 Å². The monoisotopic (exact) mass is 365 g/mol. The highest BCUT2D eigenvalue weighted by Gasteiger charge is 2.17. The number of hydrogen-bond donors (Lipinski definition) is 2. The van der Waals surface area contributed by atoms with Crippen LogP contribution in [0.5, 0.6) is 0 Å². The molecule has 0 radical (unpaired) electrons. The van der Waals surface area contributed by atoms with Crippen LogP contribution in [0.1, 0.15) is 39.0 Å². The molecule has 0 bridgehead atoms. The van der Waals surface area contributed by atoms with E-state index in [1.165, 1.54) is 22.5 Å². The number of benzene rings is 2. The number of aromatic nitrogens is 1. The maximum atomic E-state index is 12.7. The van der Waals surface area contributed by atoms with Gasteiger partial charge in [0.1, 0.15) is 4.88 Å². The molecule has 2 aromatic carbocycles. The lowest BCUT2D eigenvalue weighted by atomic mass is 10.1. The van der Waals surface area contributed by atoms with Crippen LogP contribution in [-0.4, -0.2) is 10.9 Å². The van der Waals surface area contributed by atoms with Crippen molar-refractivity contribution in [3.05, 3.63) is 69.7 Å². The normalized spacial score (nSPS) is 10.6. The number of amides is 1. The van der Waals surface area contributed by atoms with Gasteiger partial charge < -0.3 is 10.6 Å². The lowest BCUT2D eigenvalue weighted by molar-refractivity contribution is 0.102. The van der Waals surface area contributed by atoms with Crippen LogP contribution in [0, 0.1) is 20.8 Å². The van der Waals surface area contributed by atoms with Crippen molar-refractivity contribution in [1.29, 1.82) is 0 Å². The Hall–Kier alpha value is -2.66. The first-order valence-corrected chi connectivity index (χ1v) is 9.50. The molecule has 3 rings (SSSR count). The van der Waals surface area contributed by atoms with E-state index in [4.69, 9.17) is 0 Å². The number of nitrogens with one attached hydrogen (secondary N) is 2. The quantitative estimate of drug-likeness (QED) is 0.616. The van der Waals surface area contributed by atoms with Crippen LogP contribution in [0.3, 0.4) is 0 Å². The van der Waals surface area contributed by atoms with Gasteiger partial charge in [-0.25, -0.2) is 4.98 Å². The summed E-state index contributed by atoms with van der Waals surface area (Å²) in [6.45, 7) is 8.02. The number of thiazole rings is 1. The SMILES string of the molecule is CCc1ccccc1Nc1nc(C)c(C(=O)Nc2ccc(C)cc2C)s1. The zero-order valence-corrected chi connectivity index (χ0v) is 16.3. The Morgan fingerprint density at radius 2 is 1.85 bits per heavy atom. The highest BCUT2D eigenvalue weighted by atomic mass is 32.1. The molecule has 4 nitrogen and oxygen atoms in total. The molecule has 3 aromatic rings. The first-order chi connectivity index (χ1) is 12.5. The minimum Gasteiger partial charge on any atom is -0.331 e.